The van der Waals surface area contributed by atoms with E-state index in [0.717, 1.165) is 17.7 Å². The average Bonchev–Trinajstić information content (AvgIpc) is 3.07. The molecule has 0 atom stereocenters. The molecule has 0 bridgehead atoms. The lowest BCUT2D eigenvalue weighted by atomic mass is 10.0. The molecule has 1 aliphatic heterocycles. The molecule has 1 aliphatic rings. The Hall–Kier alpha value is -4.05. The zero-order valence-electron chi connectivity index (χ0n) is 16.0. The minimum atomic E-state index is -4.48. The molecule has 0 unspecified atom stereocenters. The molecule has 0 aromatic heterocycles. The van der Waals surface area contributed by atoms with Crippen LogP contribution in [0.2, 0.25) is 0 Å². The fraction of sp³-hybridized carbons (Fsp3) is 0.0833. The van der Waals surface area contributed by atoms with Gasteiger partial charge in [-0.3, -0.25) is 4.79 Å². The number of amides is 1. The predicted octanol–water partition coefficient (Wildman–Crippen LogP) is 5.65. The first-order valence-electron chi connectivity index (χ1n) is 9.31. The van der Waals surface area contributed by atoms with Gasteiger partial charge in [0.05, 0.1) is 17.2 Å². The Balaban J connectivity index is 1.52. The van der Waals surface area contributed by atoms with Crippen molar-refractivity contribution in [1.82, 2.24) is 0 Å². The number of anilines is 1. The summed E-state index contributed by atoms with van der Waals surface area (Å²) in [6.07, 6.45) is -2.86. The smallest absolute Gasteiger partial charge is 0.416 e. The summed E-state index contributed by atoms with van der Waals surface area (Å²) in [5.41, 5.74) is 2.06. The van der Waals surface area contributed by atoms with Gasteiger partial charge in [-0.15, -0.1) is 0 Å². The summed E-state index contributed by atoms with van der Waals surface area (Å²) in [4.78, 5) is 12.3. The van der Waals surface area contributed by atoms with Crippen LogP contribution in [0, 0.1) is 11.3 Å². The first-order valence-corrected chi connectivity index (χ1v) is 9.31. The van der Waals surface area contributed by atoms with Crippen molar-refractivity contribution >= 4 is 23.2 Å². The Kier molecular flexibility index (Phi) is 5.22. The van der Waals surface area contributed by atoms with Crippen molar-refractivity contribution in [3.63, 3.8) is 0 Å². The number of ether oxygens (including phenoxy) is 1. The summed E-state index contributed by atoms with van der Waals surface area (Å²) in [7, 11) is 0. The monoisotopic (exact) mass is 420 g/mol. The summed E-state index contributed by atoms with van der Waals surface area (Å²) < 4.78 is 44.4. The molecule has 7 heteroatoms. The van der Waals surface area contributed by atoms with Crippen LogP contribution in [0.25, 0.3) is 11.6 Å². The van der Waals surface area contributed by atoms with Crippen LogP contribution in [0.15, 0.2) is 66.7 Å². The number of nitriles is 1. The minimum Gasteiger partial charge on any atom is -0.489 e. The number of rotatable bonds is 4. The van der Waals surface area contributed by atoms with Gasteiger partial charge < -0.3 is 10.1 Å². The molecule has 1 amide bonds. The molecule has 1 heterocycles. The molecule has 154 valence electrons. The van der Waals surface area contributed by atoms with Gasteiger partial charge in [0.1, 0.15) is 12.4 Å². The van der Waals surface area contributed by atoms with Crippen LogP contribution in [0.4, 0.5) is 18.9 Å². The van der Waals surface area contributed by atoms with Gasteiger partial charge >= 0.3 is 6.18 Å². The van der Waals surface area contributed by atoms with Gasteiger partial charge in [0.25, 0.3) is 5.91 Å². The highest BCUT2D eigenvalue weighted by Crippen LogP contribution is 2.38. The Morgan fingerprint density at radius 1 is 1.03 bits per heavy atom. The van der Waals surface area contributed by atoms with E-state index >= 15 is 0 Å². The third kappa shape index (κ3) is 4.28. The van der Waals surface area contributed by atoms with Crippen LogP contribution in [-0.2, 0) is 17.6 Å². The Morgan fingerprint density at radius 3 is 2.48 bits per heavy atom. The van der Waals surface area contributed by atoms with E-state index in [1.807, 2.05) is 12.1 Å². The molecule has 0 spiro atoms. The second kappa shape index (κ2) is 8.00. The molecule has 0 fully saturated rings. The Morgan fingerprint density at radius 2 is 1.77 bits per heavy atom. The van der Waals surface area contributed by atoms with Crippen molar-refractivity contribution < 1.29 is 22.7 Å². The van der Waals surface area contributed by atoms with E-state index in [2.05, 4.69) is 11.4 Å². The molecule has 0 saturated heterocycles. The zero-order chi connectivity index (χ0) is 22.0. The number of carbonyl (C=O) groups is 1. The van der Waals surface area contributed by atoms with E-state index < -0.39 is 17.6 Å². The molecule has 1 N–H and O–H groups in total. The summed E-state index contributed by atoms with van der Waals surface area (Å²) in [6.45, 7) is 0.238. The van der Waals surface area contributed by atoms with Gasteiger partial charge in [0.15, 0.2) is 0 Å². The van der Waals surface area contributed by atoms with Gasteiger partial charge in [-0.2, -0.15) is 18.4 Å². The lowest BCUT2D eigenvalue weighted by Crippen LogP contribution is -2.06. The second-order valence-electron chi connectivity index (χ2n) is 6.90. The number of carbonyl (C=O) groups excluding carboxylic acids is 1. The predicted molar refractivity (Wildman–Crippen MR) is 110 cm³/mol. The Labute approximate surface area is 176 Å². The number of nitrogens with one attached hydrogen (secondary N) is 1. The van der Waals surface area contributed by atoms with Crippen molar-refractivity contribution in [1.29, 1.82) is 5.26 Å². The van der Waals surface area contributed by atoms with E-state index in [-0.39, 0.29) is 12.3 Å². The molecular weight excluding hydrogens is 405 g/mol. The molecular formula is C24H15F3N2O2. The maximum atomic E-state index is 12.9. The Bertz CT molecular complexity index is 1220. The normalized spacial score (nSPS) is 14.1. The molecule has 3 aromatic carbocycles. The number of benzene rings is 3. The quantitative estimate of drug-likeness (QED) is 0.555. The number of hydrogen-bond acceptors (Lipinski definition) is 3. The summed E-state index contributed by atoms with van der Waals surface area (Å²) in [5.74, 6) is 0.128. The second-order valence-corrected chi connectivity index (χ2v) is 6.90. The first-order chi connectivity index (χ1) is 14.8. The first kappa shape index (κ1) is 20.2. The minimum absolute atomic E-state index is 0.141. The number of hydrogen-bond donors (Lipinski definition) is 1. The third-order valence-corrected chi connectivity index (χ3v) is 4.85. The van der Waals surface area contributed by atoms with Crippen LogP contribution in [0.3, 0.4) is 0 Å². The number of alkyl halides is 3. The molecule has 31 heavy (non-hydrogen) atoms. The number of halogens is 3. The van der Waals surface area contributed by atoms with E-state index in [0.29, 0.717) is 28.0 Å². The SMILES string of the molecule is N#Cc1ccccc1COc1ccc(/C=C2/C(=O)Nc3cc(C(F)(F)F)ccc32)cc1. The summed E-state index contributed by atoms with van der Waals surface area (Å²) in [5, 5.41) is 11.6. The molecule has 4 rings (SSSR count). The molecule has 0 saturated carbocycles. The maximum Gasteiger partial charge on any atom is 0.416 e. The van der Waals surface area contributed by atoms with Gasteiger partial charge in [-0.1, -0.05) is 36.4 Å². The largest absolute Gasteiger partial charge is 0.489 e. The summed E-state index contributed by atoms with van der Waals surface area (Å²) in [6, 6.07) is 19.4. The van der Waals surface area contributed by atoms with E-state index in [1.54, 1.807) is 42.5 Å². The maximum absolute atomic E-state index is 12.9. The number of nitrogens with zero attached hydrogens (tertiary/aromatic N) is 1. The van der Waals surface area contributed by atoms with Gasteiger partial charge in [0.2, 0.25) is 0 Å². The van der Waals surface area contributed by atoms with Crippen molar-refractivity contribution in [2.75, 3.05) is 5.32 Å². The molecule has 3 aromatic rings. The standard InChI is InChI=1S/C24H15F3N2O2/c25-24(26,27)18-7-10-20-21(23(30)29-22(20)12-18)11-15-5-8-19(9-6-15)31-14-17-4-2-1-3-16(17)13-28/h1-12H,14H2,(H,29,30)/b21-11+. The van der Waals surface area contributed by atoms with Gasteiger partial charge in [-0.05, 0) is 42.0 Å². The van der Waals surface area contributed by atoms with Crippen LogP contribution < -0.4 is 10.1 Å². The zero-order valence-corrected chi connectivity index (χ0v) is 16.0. The van der Waals surface area contributed by atoms with Gasteiger partial charge in [0, 0.05) is 22.4 Å². The van der Waals surface area contributed by atoms with E-state index in [9.17, 15) is 18.0 Å². The van der Waals surface area contributed by atoms with Crippen molar-refractivity contribution in [2.24, 2.45) is 0 Å². The lowest BCUT2D eigenvalue weighted by Gasteiger charge is -2.08. The highest BCUT2D eigenvalue weighted by atomic mass is 19.4. The average molecular weight is 420 g/mol. The highest BCUT2D eigenvalue weighted by Gasteiger charge is 2.33. The van der Waals surface area contributed by atoms with Gasteiger partial charge in [-0.25, -0.2) is 0 Å². The molecule has 4 nitrogen and oxygen atoms in total. The van der Waals surface area contributed by atoms with E-state index in [1.165, 1.54) is 6.07 Å². The third-order valence-electron chi connectivity index (χ3n) is 4.85. The summed E-state index contributed by atoms with van der Waals surface area (Å²) >= 11 is 0. The fourth-order valence-corrected chi connectivity index (χ4v) is 3.26. The van der Waals surface area contributed by atoms with Crippen LogP contribution in [-0.4, -0.2) is 5.91 Å². The van der Waals surface area contributed by atoms with Crippen LogP contribution in [0.5, 0.6) is 5.75 Å². The molecule has 0 radical (unpaired) electrons. The molecule has 0 aliphatic carbocycles. The fourth-order valence-electron chi connectivity index (χ4n) is 3.26. The lowest BCUT2D eigenvalue weighted by molar-refractivity contribution is -0.137. The van der Waals surface area contributed by atoms with Crippen molar-refractivity contribution in [3.8, 4) is 11.8 Å². The van der Waals surface area contributed by atoms with Crippen LogP contribution >= 0.6 is 0 Å². The number of fused-ring (bicyclic) bond motifs is 1. The van der Waals surface area contributed by atoms with Crippen LogP contribution in [0.1, 0.15) is 27.8 Å². The van der Waals surface area contributed by atoms with Crippen molar-refractivity contribution in [2.45, 2.75) is 12.8 Å². The highest BCUT2D eigenvalue weighted by molar-refractivity contribution is 6.34. The van der Waals surface area contributed by atoms with Crippen molar-refractivity contribution in [3.05, 3.63) is 94.5 Å². The topological polar surface area (TPSA) is 62.1 Å². The van der Waals surface area contributed by atoms with E-state index in [4.69, 9.17) is 10.00 Å².